The number of carboxylic acid groups (broad SMARTS) is 2. The van der Waals surface area contributed by atoms with E-state index in [2.05, 4.69) is 0 Å². The number of amides is 2. The average molecular weight is 272 g/mol. The fourth-order valence-corrected chi connectivity index (χ4v) is 0.902. The zero-order valence-corrected chi connectivity index (χ0v) is 8.95. The molecule has 0 aromatic rings. The second-order valence-electron chi connectivity index (χ2n) is 3.25. The van der Waals surface area contributed by atoms with Gasteiger partial charge in [-0.25, -0.2) is 9.59 Å². The smallest absolute Gasteiger partial charge is 0.390 e. The Kier molecular flexibility index (Phi) is 5.93. The van der Waals surface area contributed by atoms with Crippen LogP contribution in [0.15, 0.2) is 0 Å². The maximum absolute atomic E-state index is 11.7. The van der Waals surface area contributed by atoms with Crippen LogP contribution in [0, 0.1) is 0 Å². The predicted molar refractivity (Wildman–Crippen MR) is 50.9 cm³/mol. The number of hydrogen-bond acceptors (Lipinski definition) is 3. The number of carbonyl (C=O) groups is 3. The molecule has 0 saturated carbocycles. The van der Waals surface area contributed by atoms with Crippen molar-refractivity contribution >= 4 is 18.0 Å². The van der Waals surface area contributed by atoms with Crippen LogP contribution in [0.2, 0.25) is 0 Å². The van der Waals surface area contributed by atoms with Crippen LogP contribution in [-0.2, 0) is 9.59 Å². The molecule has 7 nitrogen and oxygen atoms in total. The Balaban J connectivity index is 4.11. The summed E-state index contributed by atoms with van der Waals surface area (Å²) in [7, 11) is 0. The monoisotopic (exact) mass is 272 g/mol. The van der Waals surface area contributed by atoms with Gasteiger partial charge in [0.2, 0.25) is 0 Å². The number of carbonyl (C=O) groups excluding carboxylic acids is 1. The zero-order chi connectivity index (χ0) is 14.3. The number of halogens is 3. The summed E-state index contributed by atoms with van der Waals surface area (Å²) >= 11 is 0. The second-order valence-corrected chi connectivity index (χ2v) is 3.25. The highest BCUT2D eigenvalue weighted by molar-refractivity contribution is 5.86. The van der Waals surface area contributed by atoms with Crippen molar-refractivity contribution in [3.8, 4) is 0 Å². The Bertz CT molecular complexity index is 331. The van der Waals surface area contributed by atoms with Crippen LogP contribution in [-0.4, -0.2) is 46.9 Å². The summed E-state index contributed by atoms with van der Waals surface area (Å²) in [5.41, 5.74) is 0. The predicted octanol–water partition coefficient (Wildman–Crippen LogP) is 0.166. The molecule has 4 N–H and O–H groups in total. The molecule has 0 aliphatic rings. The van der Waals surface area contributed by atoms with Gasteiger partial charge in [-0.1, -0.05) is 0 Å². The molecule has 0 heterocycles. The fraction of sp³-hybridized carbons (Fsp3) is 0.625. The lowest BCUT2D eigenvalue weighted by Crippen LogP contribution is -2.47. The second kappa shape index (κ2) is 6.67. The molecular formula is C8H11F3N2O5. The molecule has 0 unspecified atom stereocenters. The number of nitrogens with one attached hydrogen (secondary N) is 2. The first-order valence-corrected chi connectivity index (χ1v) is 4.67. The Hall–Kier alpha value is -2.00. The van der Waals surface area contributed by atoms with E-state index in [0.717, 1.165) is 0 Å². The van der Waals surface area contributed by atoms with Gasteiger partial charge in [-0.2, -0.15) is 13.2 Å². The van der Waals surface area contributed by atoms with E-state index in [1.54, 1.807) is 10.6 Å². The number of alkyl halides is 3. The van der Waals surface area contributed by atoms with Crippen LogP contribution in [0.3, 0.4) is 0 Å². The molecule has 0 aliphatic heterocycles. The first-order chi connectivity index (χ1) is 8.11. The van der Waals surface area contributed by atoms with Crippen molar-refractivity contribution in [2.45, 2.75) is 25.1 Å². The highest BCUT2D eigenvalue weighted by atomic mass is 19.4. The molecule has 0 aromatic carbocycles. The van der Waals surface area contributed by atoms with Gasteiger partial charge in [0.15, 0.2) is 0 Å². The molecule has 104 valence electrons. The molecule has 0 bridgehead atoms. The third-order valence-corrected chi connectivity index (χ3v) is 1.68. The van der Waals surface area contributed by atoms with Crippen molar-refractivity contribution in [3.05, 3.63) is 0 Å². The minimum absolute atomic E-state index is 0.727. The summed E-state index contributed by atoms with van der Waals surface area (Å²) in [6.45, 7) is -0.727. The van der Waals surface area contributed by atoms with Crippen molar-refractivity contribution < 1.29 is 37.8 Å². The van der Waals surface area contributed by atoms with Crippen LogP contribution in [0.4, 0.5) is 18.0 Å². The molecule has 2 amide bonds. The SMILES string of the molecule is O=C(O)C[C@@H](NC(=O)NCCC(F)(F)F)C(=O)O. The van der Waals surface area contributed by atoms with E-state index in [-0.39, 0.29) is 0 Å². The Morgan fingerprint density at radius 3 is 2.11 bits per heavy atom. The minimum atomic E-state index is -4.44. The van der Waals surface area contributed by atoms with E-state index in [4.69, 9.17) is 10.2 Å². The Morgan fingerprint density at radius 2 is 1.72 bits per heavy atom. The van der Waals surface area contributed by atoms with E-state index >= 15 is 0 Å². The van der Waals surface area contributed by atoms with Crippen LogP contribution in [0.25, 0.3) is 0 Å². The highest BCUT2D eigenvalue weighted by Gasteiger charge is 2.27. The third-order valence-electron chi connectivity index (χ3n) is 1.68. The van der Waals surface area contributed by atoms with E-state index < -0.39 is 49.6 Å². The normalized spacial score (nSPS) is 12.6. The molecule has 0 rings (SSSR count). The van der Waals surface area contributed by atoms with Crippen LogP contribution in [0.1, 0.15) is 12.8 Å². The number of hydrogen-bond donors (Lipinski definition) is 4. The van der Waals surface area contributed by atoms with Gasteiger partial charge < -0.3 is 20.8 Å². The maximum Gasteiger partial charge on any atom is 0.390 e. The minimum Gasteiger partial charge on any atom is -0.481 e. The zero-order valence-electron chi connectivity index (χ0n) is 8.95. The summed E-state index contributed by atoms with van der Waals surface area (Å²) < 4.78 is 35.2. The molecule has 0 aromatic heterocycles. The molecule has 0 spiro atoms. The van der Waals surface area contributed by atoms with Gasteiger partial charge in [-0.05, 0) is 0 Å². The molecule has 0 radical (unpaired) electrons. The van der Waals surface area contributed by atoms with Gasteiger partial charge in [-0.3, -0.25) is 4.79 Å². The summed E-state index contributed by atoms with van der Waals surface area (Å²) in [4.78, 5) is 31.8. The molecule has 18 heavy (non-hydrogen) atoms. The first kappa shape index (κ1) is 16.0. The van der Waals surface area contributed by atoms with Gasteiger partial charge >= 0.3 is 24.1 Å². The highest BCUT2D eigenvalue weighted by Crippen LogP contribution is 2.17. The van der Waals surface area contributed by atoms with Crippen LogP contribution in [0.5, 0.6) is 0 Å². The van der Waals surface area contributed by atoms with Crippen molar-refractivity contribution in [2.24, 2.45) is 0 Å². The van der Waals surface area contributed by atoms with Crippen molar-refractivity contribution in [2.75, 3.05) is 6.54 Å². The standard InChI is InChI=1S/C8H11F3N2O5/c9-8(10,11)1-2-12-7(18)13-4(6(16)17)3-5(14)15/h4H,1-3H2,(H,14,15)(H,16,17)(H2,12,13,18)/t4-/m1/s1. The van der Waals surface area contributed by atoms with Gasteiger partial charge in [0, 0.05) is 6.54 Å². The largest absolute Gasteiger partial charge is 0.481 e. The molecular weight excluding hydrogens is 261 g/mol. The number of rotatable bonds is 6. The van der Waals surface area contributed by atoms with Crippen molar-refractivity contribution in [1.29, 1.82) is 0 Å². The summed E-state index contributed by atoms with van der Waals surface area (Å²) in [6.07, 6.45) is -6.58. The summed E-state index contributed by atoms with van der Waals surface area (Å²) in [5, 5.41) is 20.4. The molecule has 1 atom stereocenters. The number of aliphatic carboxylic acids is 2. The van der Waals surface area contributed by atoms with E-state index in [1.807, 2.05) is 0 Å². The first-order valence-electron chi connectivity index (χ1n) is 4.67. The summed E-state index contributed by atoms with van der Waals surface area (Å²) in [5.74, 6) is -3.05. The van der Waals surface area contributed by atoms with Gasteiger partial charge in [0.05, 0.1) is 12.8 Å². The average Bonchev–Trinajstić information content (AvgIpc) is 2.13. The fourth-order valence-electron chi connectivity index (χ4n) is 0.902. The lowest BCUT2D eigenvalue weighted by atomic mass is 10.2. The maximum atomic E-state index is 11.7. The van der Waals surface area contributed by atoms with E-state index in [9.17, 15) is 27.6 Å². The van der Waals surface area contributed by atoms with Crippen LogP contribution < -0.4 is 10.6 Å². The van der Waals surface area contributed by atoms with E-state index in [0.29, 0.717) is 0 Å². The molecule has 10 heteroatoms. The van der Waals surface area contributed by atoms with Crippen LogP contribution >= 0.6 is 0 Å². The summed E-state index contributed by atoms with van der Waals surface area (Å²) in [6, 6.07) is -2.87. The van der Waals surface area contributed by atoms with Gasteiger partial charge in [0.1, 0.15) is 6.04 Å². The number of urea groups is 1. The molecule has 0 aliphatic carbocycles. The Labute approximate surface area is 99.0 Å². The molecule has 0 fully saturated rings. The van der Waals surface area contributed by atoms with E-state index in [1.165, 1.54) is 0 Å². The van der Waals surface area contributed by atoms with Gasteiger partial charge in [0.25, 0.3) is 0 Å². The van der Waals surface area contributed by atoms with Crippen molar-refractivity contribution in [3.63, 3.8) is 0 Å². The third kappa shape index (κ3) is 8.19. The topological polar surface area (TPSA) is 116 Å². The van der Waals surface area contributed by atoms with Gasteiger partial charge in [-0.15, -0.1) is 0 Å². The molecule has 0 saturated heterocycles. The van der Waals surface area contributed by atoms with Crippen molar-refractivity contribution in [1.82, 2.24) is 10.6 Å². The Morgan fingerprint density at radius 1 is 1.17 bits per heavy atom. The lowest BCUT2D eigenvalue weighted by Gasteiger charge is -2.13. The quantitative estimate of drug-likeness (QED) is 0.550. The lowest BCUT2D eigenvalue weighted by molar-refractivity contribution is -0.145. The number of carboxylic acids is 2.